The van der Waals surface area contributed by atoms with Crippen LogP contribution in [0.2, 0.25) is 0 Å². The first-order valence-electron chi connectivity index (χ1n) is 9.73. The van der Waals surface area contributed by atoms with Crippen molar-refractivity contribution in [1.82, 2.24) is 4.90 Å². The lowest BCUT2D eigenvalue weighted by molar-refractivity contribution is 0.127. The minimum Gasteiger partial charge on any atom is -0.378 e. The zero-order chi connectivity index (χ0) is 19.2. The van der Waals surface area contributed by atoms with Gasteiger partial charge in [0.2, 0.25) is 0 Å². The summed E-state index contributed by atoms with van der Waals surface area (Å²) in [4.78, 5) is 4.54. The Morgan fingerprint density at radius 1 is 0.963 bits per heavy atom. The van der Waals surface area contributed by atoms with Gasteiger partial charge in [-0.2, -0.15) is 0 Å². The quantitative estimate of drug-likeness (QED) is 0.705. The fourth-order valence-electron chi connectivity index (χ4n) is 5.19. The molecule has 0 saturated heterocycles. The van der Waals surface area contributed by atoms with Crippen LogP contribution in [0.15, 0.2) is 66.2 Å². The number of ether oxygens (including phenoxy) is 1. The maximum absolute atomic E-state index is 5.93. The Hall–Kier alpha value is -2.10. The number of methoxy groups -OCH3 is 1. The van der Waals surface area contributed by atoms with E-state index in [1.54, 1.807) is 0 Å². The number of rotatable bonds is 6. The van der Waals surface area contributed by atoms with E-state index >= 15 is 0 Å². The molecule has 3 nitrogen and oxygen atoms in total. The molecule has 0 aliphatic heterocycles. The lowest BCUT2D eigenvalue weighted by Crippen LogP contribution is -2.32. The first-order valence-corrected chi connectivity index (χ1v) is 9.73. The number of hydrogen-bond donors (Lipinski definition) is 0. The molecule has 1 saturated carbocycles. The normalized spacial score (nSPS) is 27.3. The molecule has 27 heavy (non-hydrogen) atoms. The molecule has 0 N–H and O–H groups in total. The van der Waals surface area contributed by atoms with Crippen molar-refractivity contribution in [2.75, 3.05) is 40.2 Å². The molecule has 4 rings (SSSR count). The third kappa shape index (κ3) is 2.81. The fraction of sp³-hybridized carbons (Fsp3) is 0.417. The van der Waals surface area contributed by atoms with Gasteiger partial charge in [-0.15, -0.1) is 0 Å². The van der Waals surface area contributed by atoms with Crippen LogP contribution in [0.1, 0.15) is 23.7 Å². The molecule has 0 heterocycles. The van der Waals surface area contributed by atoms with E-state index in [1.807, 2.05) is 7.11 Å². The van der Waals surface area contributed by atoms with Crippen LogP contribution in [0.5, 0.6) is 0 Å². The summed E-state index contributed by atoms with van der Waals surface area (Å²) in [6.45, 7) is 0. The van der Waals surface area contributed by atoms with Crippen molar-refractivity contribution in [3.63, 3.8) is 0 Å². The zero-order valence-corrected chi connectivity index (χ0v) is 17.0. The number of fused-ring (bicyclic) bond motifs is 1. The Bertz CT molecular complexity index is 825. The van der Waals surface area contributed by atoms with Crippen LogP contribution in [0.25, 0.3) is 0 Å². The average Bonchev–Trinajstić information content (AvgIpc) is 3.09. The standard InChI is InChI=1S/C24H30N2O/c1-25(2)20-13-11-17(12-14-20)23(27-5)18-15-21-22(16-18)24(21,26(3)4)19-9-7-6-8-10-19/h6-15,21-23H,16H2,1-5H3. The molecule has 2 aliphatic carbocycles. The molecule has 0 bridgehead atoms. The predicted molar refractivity (Wildman–Crippen MR) is 112 cm³/mol. The molecule has 3 heteroatoms. The number of benzene rings is 2. The Kier molecular flexibility index (Phi) is 4.61. The van der Waals surface area contributed by atoms with E-state index in [2.05, 4.69) is 98.7 Å². The van der Waals surface area contributed by atoms with Crippen molar-refractivity contribution in [2.24, 2.45) is 11.8 Å². The van der Waals surface area contributed by atoms with Gasteiger partial charge < -0.3 is 9.64 Å². The SMILES string of the molecule is COC(C1=CC2C(C1)C2(c1ccccc1)N(C)C)c1ccc(N(C)C)cc1. The van der Waals surface area contributed by atoms with Crippen LogP contribution in [0.4, 0.5) is 5.69 Å². The number of nitrogens with zero attached hydrogens (tertiary/aromatic N) is 2. The van der Waals surface area contributed by atoms with Crippen molar-refractivity contribution in [3.8, 4) is 0 Å². The highest BCUT2D eigenvalue weighted by Gasteiger charge is 2.68. The van der Waals surface area contributed by atoms with Crippen LogP contribution in [0, 0.1) is 11.8 Å². The molecule has 0 spiro atoms. The molecule has 4 atom stereocenters. The topological polar surface area (TPSA) is 15.7 Å². The van der Waals surface area contributed by atoms with E-state index in [0.29, 0.717) is 11.8 Å². The number of hydrogen-bond acceptors (Lipinski definition) is 3. The molecule has 142 valence electrons. The van der Waals surface area contributed by atoms with Crippen molar-refractivity contribution in [2.45, 2.75) is 18.1 Å². The van der Waals surface area contributed by atoms with Crippen molar-refractivity contribution in [3.05, 3.63) is 77.4 Å². The summed E-state index contributed by atoms with van der Waals surface area (Å²) in [6, 6.07) is 19.7. The van der Waals surface area contributed by atoms with E-state index in [9.17, 15) is 0 Å². The van der Waals surface area contributed by atoms with Gasteiger partial charge in [-0.3, -0.25) is 4.90 Å². The fourth-order valence-corrected chi connectivity index (χ4v) is 5.19. The molecular formula is C24H30N2O. The van der Waals surface area contributed by atoms with Gasteiger partial charge in [-0.25, -0.2) is 0 Å². The summed E-state index contributed by atoms with van der Waals surface area (Å²) >= 11 is 0. The molecule has 2 aromatic rings. The summed E-state index contributed by atoms with van der Waals surface area (Å²) in [5.74, 6) is 1.21. The first-order chi connectivity index (χ1) is 13.0. The van der Waals surface area contributed by atoms with Crippen molar-refractivity contribution < 1.29 is 4.74 Å². The molecule has 4 unspecified atom stereocenters. The van der Waals surface area contributed by atoms with Gasteiger partial charge in [0.1, 0.15) is 6.10 Å². The van der Waals surface area contributed by atoms with E-state index in [-0.39, 0.29) is 11.6 Å². The van der Waals surface area contributed by atoms with Gasteiger partial charge in [0.15, 0.2) is 0 Å². The van der Waals surface area contributed by atoms with Crippen LogP contribution in [-0.4, -0.2) is 40.2 Å². The van der Waals surface area contributed by atoms with Crippen LogP contribution < -0.4 is 4.90 Å². The second-order valence-corrected chi connectivity index (χ2v) is 8.27. The second kappa shape index (κ2) is 6.81. The van der Waals surface area contributed by atoms with E-state index in [0.717, 1.165) is 6.42 Å². The minimum absolute atomic E-state index is 0.0599. The second-order valence-electron chi connectivity index (χ2n) is 8.27. The lowest BCUT2D eigenvalue weighted by Gasteiger charge is -2.30. The average molecular weight is 363 g/mol. The monoisotopic (exact) mass is 362 g/mol. The van der Waals surface area contributed by atoms with Gasteiger partial charge in [-0.05, 0) is 55.3 Å². The Balaban J connectivity index is 1.60. The van der Waals surface area contributed by atoms with Gasteiger partial charge >= 0.3 is 0 Å². The molecule has 2 aromatic carbocycles. The summed E-state index contributed by atoms with van der Waals surface area (Å²) in [5.41, 5.74) is 5.47. The van der Waals surface area contributed by atoms with Gasteiger partial charge in [0, 0.05) is 32.8 Å². The van der Waals surface area contributed by atoms with Crippen molar-refractivity contribution >= 4 is 5.69 Å². The summed E-state index contributed by atoms with van der Waals surface area (Å²) < 4.78 is 5.93. The molecule has 0 aromatic heterocycles. The Morgan fingerprint density at radius 2 is 1.63 bits per heavy atom. The number of anilines is 1. The highest BCUT2D eigenvalue weighted by Crippen LogP contribution is 2.68. The highest BCUT2D eigenvalue weighted by molar-refractivity contribution is 5.49. The maximum Gasteiger partial charge on any atom is 0.103 e. The van der Waals surface area contributed by atoms with Crippen LogP contribution >= 0.6 is 0 Å². The largest absolute Gasteiger partial charge is 0.378 e. The molecule has 1 fully saturated rings. The lowest BCUT2D eigenvalue weighted by atomic mass is 9.91. The smallest absolute Gasteiger partial charge is 0.103 e. The van der Waals surface area contributed by atoms with Gasteiger partial charge in [0.05, 0.1) is 5.54 Å². The summed E-state index contributed by atoms with van der Waals surface area (Å²) in [7, 11) is 10.4. The van der Waals surface area contributed by atoms with Crippen molar-refractivity contribution in [1.29, 1.82) is 0 Å². The van der Waals surface area contributed by atoms with Crippen LogP contribution in [-0.2, 0) is 10.3 Å². The predicted octanol–water partition coefficient (Wildman–Crippen LogP) is 4.47. The third-order valence-corrected chi connectivity index (χ3v) is 6.51. The molecule has 0 amide bonds. The summed E-state index contributed by atoms with van der Waals surface area (Å²) in [6.07, 6.45) is 3.65. The third-order valence-electron chi connectivity index (χ3n) is 6.51. The van der Waals surface area contributed by atoms with Crippen LogP contribution in [0.3, 0.4) is 0 Å². The summed E-state index contributed by atoms with van der Waals surface area (Å²) in [5, 5.41) is 0. The molecular weight excluding hydrogens is 332 g/mol. The Morgan fingerprint density at radius 3 is 2.11 bits per heavy atom. The highest BCUT2D eigenvalue weighted by atomic mass is 16.5. The van der Waals surface area contributed by atoms with E-state index in [1.165, 1.54) is 22.4 Å². The van der Waals surface area contributed by atoms with E-state index < -0.39 is 0 Å². The molecule has 2 aliphatic rings. The first kappa shape index (κ1) is 18.3. The zero-order valence-electron chi connectivity index (χ0n) is 17.0. The van der Waals surface area contributed by atoms with Gasteiger partial charge in [0.25, 0.3) is 0 Å². The minimum atomic E-state index is 0.0599. The Labute approximate surface area is 163 Å². The molecule has 0 radical (unpaired) electrons. The van der Waals surface area contributed by atoms with E-state index in [4.69, 9.17) is 4.74 Å². The maximum atomic E-state index is 5.93. The van der Waals surface area contributed by atoms with Gasteiger partial charge in [-0.1, -0.05) is 48.5 Å².